The second-order valence-corrected chi connectivity index (χ2v) is 5.44. The number of halogens is 1. The number of amides is 1. The Morgan fingerprint density at radius 1 is 1.36 bits per heavy atom. The summed E-state index contributed by atoms with van der Waals surface area (Å²) in [4.78, 5) is 11.5. The van der Waals surface area contributed by atoms with Gasteiger partial charge in [0.15, 0.2) is 0 Å². The van der Waals surface area contributed by atoms with E-state index in [-0.39, 0.29) is 23.3 Å². The summed E-state index contributed by atoms with van der Waals surface area (Å²) in [5, 5.41) is 3.03. The van der Waals surface area contributed by atoms with Crippen molar-refractivity contribution < 1.29 is 4.79 Å². The highest BCUT2D eigenvalue weighted by Crippen LogP contribution is 2.22. The molecule has 84 valence electrons. The molecule has 1 unspecified atom stereocenters. The van der Waals surface area contributed by atoms with Gasteiger partial charge in [-0.05, 0) is 11.8 Å². The third kappa shape index (κ3) is 4.85. The molecule has 2 nitrogen and oxygen atoms in total. The van der Waals surface area contributed by atoms with Gasteiger partial charge in [-0.3, -0.25) is 4.79 Å². The fraction of sp³-hybridized carbons (Fsp3) is 0.909. The number of nitrogens with one attached hydrogen (secondary N) is 1. The number of carbonyl (C=O) groups is 1. The molecule has 3 heteroatoms. The first kappa shape index (κ1) is 13.8. The van der Waals surface area contributed by atoms with Crippen molar-refractivity contribution in [2.24, 2.45) is 11.3 Å². The quantitative estimate of drug-likeness (QED) is 0.724. The number of alkyl halides is 1. The van der Waals surface area contributed by atoms with Gasteiger partial charge in [0, 0.05) is 17.8 Å². The largest absolute Gasteiger partial charge is 0.353 e. The number of hydrogen-bond acceptors (Lipinski definition) is 1. The van der Waals surface area contributed by atoms with Crippen molar-refractivity contribution in [2.45, 2.75) is 47.1 Å². The van der Waals surface area contributed by atoms with Crippen LogP contribution in [-0.4, -0.2) is 17.8 Å². The minimum atomic E-state index is 0.0372. The Bertz CT molecular complexity index is 184. The zero-order chi connectivity index (χ0) is 11.4. The molecule has 14 heavy (non-hydrogen) atoms. The molecule has 0 bridgehead atoms. The molecule has 0 saturated carbocycles. The van der Waals surface area contributed by atoms with Gasteiger partial charge in [-0.2, -0.15) is 0 Å². The van der Waals surface area contributed by atoms with Crippen LogP contribution < -0.4 is 5.32 Å². The summed E-state index contributed by atoms with van der Waals surface area (Å²) in [6.45, 7) is 10.1. The molecule has 1 atom stereocenters. The van der Waals surface area contributed by atoms with E-state index in [0.29, 0.717) is 5.88 Å². The molecule has 0 aliphatic carbocycles. The van der Waals surface area contributed by atoms with Crippen molar-refractivity contribution in [2.75, 3.05) is 5.88 Å². The van der Waals surface area contributed by atoms with Gasteiger partial charge in [-0.15, -0.1) is 11.6 Å². The Labute approximate surface area is 92.4 Å². The average molecular weight is 220 g/mol. The molecule has 0 aromatic carbocycles. The van der Waals surface area contributed by atoms with Crippen molar-refractivity contribution >= 4 is 17.5 Å². The first-order chi connectivity index (χ1) is 6.29. The van der Waals surface area contributed by atoms with Crippen LogP contribution >= 0.6 is 11.6 Å². The van der Waals surface area contributed by atoms with E-state index in [1.807, 2.05) is 13.8 Å². The van der Waals surface area contributed by atoms with Crippen LogP contribution in [0.1, 0.15) is 41.0 Å². The van der Waals surface area contributed by atoms with Gasteiger partial charge in [0.2, 0.25) is 5.91 Å². The Morgan fingerprint density at radius 3 is 2.14 bits per heavy atom. The van der Waals surface area contributed by atoms with E-state index in [1.165, 1.54) is 0 Å². The predicted octanol–water partition coefficient (Wildman–Crippen LogP) is 2.80. The van der Waals surface area contributed by atoms with Gasteiger partial charge in [-0.1, -0.05) is 34.6 Å². The Balaban J connectivity index is 4.31. The van der Waals surface area contributed by atoms with Crippen LogP contribution in [0.15, 0.2) is 0 Å². The maximum atomic E-state index is 11.5. The van der Waals surface area contributed by atoms with E-state index in [0.717, 1.165) is 6.42 Å². The zero-order valence-electron chi connectivity index (χ0n) is 9.86. The van der Waals surface area contributed by atoms with Crippen molar-refractivity contribution in [3.8, 4) is 0 Å². The van der Waals surface area contributed by atoms with Crippen molar-refractivity contribution in [3.63, 3.8) is 0 Å². The molecule has 1 amide bonds. The molecule has 1 N–H and O–H groups in total. The van der Waals surface area contributed by atoms with E-state index in [2.05, 4.69) is 26.1 Å². The average Bonchev–Trinajstić information content (AvgIpc) is 2.01. The van der Waals surface area contributed by atoms with Crippen LogP contribution in [0.2, 0.25) is 0 Å². The molecule has 0 aromatic rings. The van der Waals surface area contributed by atoms with Crippen LogP contribution in [0.3, 0.4) is 0 Å². The topological polar surface area (TPSA) is 29.1 Å². The highest BCUT2D eigenvalue weighted by atomic mass is 35.5. The number of hydrogen-bond donors (Lipinski definition) is 1. The maximum Gasteiger partial charge on any atom is 0.222 e. The highest BCUT2D eigenvalue weighted by Gasteiger charge is 2.26. The number of rotatable bonds is 4. The molecule has 0 aliphatic rings. The van der Waals surface area contributed by atoms with Gasteiger partial charge < -0.3 is 5.32 Å². The lowest BCUT2D eigenvalue weighted by Gasteiger charge is -2.31. The normalized spacial score (nSPS) is 14.2. The molecule has 0 saturated heterocycles. The molecule has 0 fully saturated rings. The van der Waals surface area contributed by atoms with Gasteiger partial charge >= 0.3 is 0 Å². The summed E-state index contributed by atoms with van der Waals surface area (Å²) < 4.78 is 0. The monoisotopic (exact) mass is 219 g/mol. The first-order valence-corrected chi connectivity index (χ1v) is 5.68. The third-order valence-corrected chi connectivity index (χ3v) is 2.50. The SMILES string of the molecule is CC(C)C(=O)NC(CCCl)C(C)(C)C. The van der Waals surface area contributed by atoms with E-state index in [1.54, 1.807) is 0 Å². The molecule has 0 aromatic heterocycles. The van der Waals surface area contributed by atoms with E-state index < -0.39 is 0 Å². The van der Waals surface area contributed by atoms with Crippen LogP contribution in [0.4, 0.5) is 0 Å². The van der Waals surface area contributed by atoms with Crippen LogP contribution in [0.25, 0.3) is 0 Å². The third-order valence-electron chi connectivity index (χ3n) is 2.28. The minimum Gasteiger partial charge on any atom is -0.353 e. The Hall–Kier alpha value is -0.240. The second-order valence-electron chi connectivity index (χ2n) is 5.06. The van der Waals surface area contributed by atoms with Gasteiger partial charge in [0.1, 0.15) is 0 Å². The first-order valence-electron chi connectivity index (χ1n) is 5.15. The molecule has 0 aliphatic heterocycles. The fourth-order valence-electron chi connectivity index (χ4n) is 1.17. The Kier molecular flexibility index (Phi) is 5.50. The van der Waals surface area contributed by atoms with Crippen molar-refractivity contribution in [1.29, 1.82) is 0 Å². The number of carbonyl (C=O) groups excluding carboxylic acids is 1. The summed E-state index contributed by atoms with van der Waals surface area (Å²) in [5.41, 5.74) is 0.0689. The molecule has 0 heterocycles. The molecule has 0 rings (SSSR count). The highest BCUT2D eigenvalue weighted by molar-refractivity contribution is 6.17. The Morgan fingerprint density at radius 2 is 1.86 bits per heavy atom. The molecule has 0 spiro atoms. The summed E-state index contributed by atoms with van der Waals surface area (Å²) in [5.74, 6) is 0.727. The summed E-state index contributed by atoms with van der Waals surface area (Å²) in [6, 6.07) is 0.162. The predicted molar refractivity (Wildman–Crippen MR) is 61.6 cm³/mol. The standard InChI is InChI=1S/C11H22ClNO/c1-8(2)10(14)13-9(6-7-12)11(3,4)5/h8-9H,6-7H2,1-5H3,(H,13,14). The van der Waals surface area contributed by atoms with Crippen LogP contribution in [0.5, 0.6) is 0 Å². The summed E-state index contributed by atoms with van der Waals surface area (Å²) in [6.07, 6.45) is 0.823. The summed E-state index contributed by atoms with van der Waals surface area (Å²) in [7, 11) is 0. The van der Waals surface area contributed by atoms with E-state index >= 15 is 0 Å². The zero-order valence-corrected chi connectivity index (χ0v) is 10.6. The second kappa shape index (κ2) is 5.59. The van der Waals surface area contributed by atoms with E-state index in [9.17, 15) is 4.79 Å². The van der Waals surface area contributed by atoms with Crippen molar-refractivity contribution in [1.82, 2.24) is 5.32 Å². The lowest BCUT2D eigenvalue weighted by atomic mass is 9.85. The summed E-state index contributed by atoms with van der Waals surface area (Å²) >= 11 is 5.71. The van der Waals surface area contributed by atoms with Crippen LogP contribution in [-0.2, 0) is 4.79 Å². The van der Waals surface area contributed by atoms with Gasteiger partial charge in [-0.25, -0.2) is 0 Å². The maximum absolute atomic E-state index is 11.5. The minimum absolute atomic E-state index is 0.0372. The smallest absolute Gasteiger partial charge is 0.222 e. The van der Waals surface area contributed by atoms with Crippen molar-refractivity contribution in [3.05, 3.63) is 0 Å². The lowest BCUT2D eigenvalue weighted by molar-refractivity contribution is -0.125. The van der Waals surface area contributed by atoms with Crippen LogP contribution in [0, 0.1) is 11.3 Å². The molecular formula is C11H22ClNO. The van der Waals surface area contributed by atoms with Gasteiger partial charge in [0.25, 0.3) is 0 Å². The lowest BCUT2D eigenvalue weighted by Crippen LogP contribution is -2.45. The molecular weight excluding hydrogens is 198 g/mol. The molecule has 0 radical (unpaired) electrons. The van der Waals surface area contributed by atoms with Gasteiger partial charge in [0.05, 0.1) is 0 Å². The fourth-order valence-corrected chi connectivity index (χ4v) is 1.39. The van der Waals surface area contributed by atoms with E-state index in [4.69, 9.17) is 11.6 Å².